The van der Waals surface area contributed by atoms with Gasteiger partial charge in [0.25, 0.3) is 0 Å². The molecule has 1 heterocycles. The van der Waals surface area contributed by atoms with E-state index < -0.39 is 5.97 Å². The first-order valence-corrected chi connectivity index (χ1v) is 6.18. The lowest BCUT2D eigenvalue weighted by molar-refractivity contribution is -0.131. The van der Waals surface area contributed by atoms with Gasteiger partial charge in [0.15, 0.2) is 0 Å². The van der Waals surface area contributed by atoms with Crippen LogP contribution in [-0.4, -0.2) is 11.1 Å². The molecule has 18 heavy (non-hydrogen) atoms. The zero-order valence-corrected chi connectivity index (χ0v) is 10.3. The van der Waals surface area contributed by atoms with Crippen molar-refractivity contribution in [1.29, 1.82) is 0 Å². The summed E-state index contributed by atoms with van der Waals surface area (Å²) in [4.78, 5) is 11.3. The Bertz CT molecular complexity index is 627. The minimum Gasteiger partial charge on any atom is -0.478 e. The first kappa shape index (κ1) is 12.2. The fraction of sp³-hybridized carbons (Fsp3) is 0. The van der Waals surface area contributed by atoms with E-state index >= 15 is 0 Å². The van der Waals surface area contributed by atoms with Gasteiger partial charge in [-0.2, -0.15) is 0 Å². The molecular formula is C15H10O2S. The van der Waals surface area contributed by atoms with E-state index in [1.165, 1.54) is 11.3 Å². The summed E-state index contributed by atoms with van der Waals surface area (Å²) in [7, 11) is 0. The van der Waals surface area contributed by atoms with Crippen molar-refractivity contribution in [2.75, 3.05) is 0 Å². The van der Waals surface area contributed by atoms with Crippen molar-refractivity contribution in [3.8, 4) is 11.8 Å². The third-order valence-electron chi connectivity index (χ3n) is 2.13. The molecule has 0 saturated carbocycles. The van der Waals surface area contributed by atoms with E-state index in [4.69, 9.17) is 5.11 Å². The van der Waals surface area contributed by atoms with Gasteiger partial charge in [0.05, 0.1) is 0 Å². The van der Waals surface area contributed by atoms with Gasteiger partial charge >= 0.3 is 5.97 Å². The number of benzene rings is 1. The average molecular weight is 254 g/mol. The summed E-state index contributed by atoms with van der Waals surface area (Å²) in [6, 6.07) is 11.6. The molecular weight excluding hydrogens is 244 g/mol. The zero-order chi connectivity index (χ0) is 12.8. The number of hydrogen-bond donors (Lipinski definition) is 1. The lowest BCUT2D eigenvalue weighted by Gasteiger charge is -1.85. The second-order valence-corrected chi connectivity index (χ2v) is 4.47. The lowest BCUT2D eigenvalue weighted by atomic mass is 10.2. The molecule has 1 aromatic heterocycles. The van der Waals surface area contributed by atoms with E-state index in [1.807, 2.05) is 41.8 Å². The quantitative estimate of drug-likeness (QED) is 0.660. The van der Waals surface area contributed by atoms with Crippen LogP contribution in [0.5, 0.6) is 0 Å². The maximum Gasteiger partial charge on any atom is 0.328 e. The van der Waals surface area contributed by atoms with Crippen LogP contribution in [0.1, 0.15) is 16.0 Å². The Balaban J connectivity index is 2.12. The summed E-state index contributed by atoms with van der Waals surface area (Å²) in [5.74, 6) is 5.16. The summed E-state index contributed by atoms with van der Waals surface area (Å²) >= 11 is 1.47. The number of hydrogen-bond acceptors (Lipinski definition) is 2. The van der Waals surface area contributed by atoms with Gasteiger partial charge in [-0.1, -0.05) is 30.0 Å². The van der Waals surface area contributed by atoms with Crippen LogP contribution >= 0.6 is 11.3 Å². The molecule has 0 radical (unpaired) electrons. The van der Waals surface area contributed by atoms with Crippen LogP contribution in [0.2, 0.25) is 0 Å². The standard InChI is InChI=1S/C15H10O2S/c16-15(17)9-8-14-10-13(11-18-14)7-6-12-4-2-1-3-5-12/h1-5,8-11H,(H,16,17)/b9-8+. The fourth-order valence-electron chi connectivity index (χ4n) is 1.33. The Morgan fingerprint density at radius 3 is 2.61 bits per heavy atom. The van der Waals surface area contributed by atoms with Gasteiger partial charge in [-0.25, -0.2) is 4.79 Å². The Kier molecular flexibility index (Phi) is 3.95. The largest absolute Gasteiger partial charge is 0.478 e. The predicted molar refractivity (Wildman–Crippen MR) is 73.4 cm³/mol. The molecule has 2 nitrogen and oxygen atoms in total. The van der Waals surface area contributed by atoms with E-state index in [0.29, 0.717) is 0 Å². The molecule has 3 heteroatoms. The molecule has 0 aliphatic heterocycles. The molecule has 0 aliphatic rings. The van der Waals surface area contributed by atoms with Gasteiger partial charge in [-0.3, -0.25) is 0 Å². The molecule has 1 aromatic carbocycles. The second-order valence-electron chi connectivity index (χ2n) is 3.53. The fourth-order valence-corrected chi connectivity index (χ4v) is 2.06. The van der Waals surface area contributed by atoms with Gasteiger partial charge in [0.2, 0.25) is 0 Å². The predicted octanol–water partition coefficient (Wildman–Crippen LogP) is 3.25. The second kappa shape index (κ2) is 5.85. The first-order chi connectivity index (χ1) is 8.74. The summed E-state index contributed by atoms with van der Waals surface area (Å²) in [5, 5.41) is 10.4. The van der Waals surface area contributed by atoms with E-state index in [9.17, 15) is 4.79 Å². The molecule has 0 saturated heterocycles. The van der Waals surface area contributed by atoms with Crippen LogP contribution < -0.4 is 0 Å². The van der Waals surface area contributed by atoms with Crippen LogP contribution in [-0.2, 0) is 4.79 Å². The Labute approximate surface area is 109 Å². The van der Waals surface area contributed by atoms with E-state index in [-0.39, 0.29) is 0 Å². The number of carbonyl (C=O) groups is 1. The average Bonchev–Trinajstić information content (AvgIpc) is 2.83. The van der Waals surface area contributed by atoms with Gasteiger partial charge in [0, 0.05) is 27.5 Å². The van der Waals surface area contributed by atoms with Gasteiger partial charge in [-0.05, 0) is 24.3 Å². The maximum atomic E-state index is 10.4. The van der Waals surface area contributed by atoms with Crippen molar-refractivity contribution in [3.63, 3.8) is 0 Å². The Hall–Kier alpha value is -2.31. The van der Waals surface area contributed by atoms with Crippen molar-refractivity contribution < 1.29 is 9.90 Å². The topological polar surface area (TPSA) is 37.3 Å². The molecule has 88 valence electrons. The van der Waals surface area contributed by atoms with Crippen molar-refractivity contribution in [3.05, 3.63) is 63.9 Å². The van der Waals surface area contributed by atoms with Crippen LogP contribution in [0.4, 0.5) is 0 Å². The molecule has 0 fully saturated rings. The molecule has 2 aromatic rings. The summed E-state index contributed by atoms with van der Waals surface area (Å²) in [5.41, 5.74) is 1.86. The van der Waals surface area contributed by atoms with Gasteiger partial charge < -0.3 is 5.11 Å². The van der Waals surface area contributed by atoms with Crippen molar-refractivity contribution >= 4 is 23.4 Å². The Morgan fingerprint density at radius 1 is 1.17 bits per heavy atom. The van der Waals surface area contributed by atoms with Crippen molar-refractivity contribution in [2.24, 2.45) is 0 Å². The molecule has 0 unspecified atom stereocenters. The highest BCUT2D eigenvalue weighted by molar-refractivity contribution is 7.11. The lowest BCUT2D eigenvalue weighted by Crippen LogP contribution is -1.84. The third-order valence-corrected chi connectivity index (χ3v) is 3.03. The number of rotatable bonds is 2. The summed E-state index contributed by atoms with van der Waals surface area (Å²) < 4.78 is 0. The monoisotopic (exact) mass is 254 g/mol. The summed E-state index contributed by atoms with van der Waals surface area (Å²) in [6.45, 7) is 0. The molecule has 0 bridgehead atoms. The molecule has 2 rings (SSSR count). The molecule has 1 N–H and O–H groups in total. The normalized spacial score (nSPS) is 10.0. The van der Waals surface area contributed by atoms with Crippen LogP contribution in [0.15, 0.2) is 47.9 Å². The number of thiophene rings is 1. The SMILES string of the molecule is O=C(O)/C=C/c1cc(C#Cc2ccccc2)cs1. The molecule has 0 aliphatic carbocycles. The van der Waals surface area contributed by atoms with Crippen LogP contribution in [0.3, 0.4) is 0 Å². The smallest absolute Gasteiger partial charge is 0.328 e. The minimum absolute atomic E-state index is 0.884. The number of aliphatic carboxylic acids is 1. The van der Waals surface area contributed by atoms with Crippen molar-refractivity contribution in [1.82, 2.24) is 0 Å². The van der Waals surface area contributed by atoms with Gasteiger partial charge in [-0.15, -0.1) is 11.3 Å². The van der Waals surface area contributed by atoms with Gasteiger partial charge in [0.1, 0.15) is 0 Å². The van der Waals surface area contributed by atoms with E-state index in [0.717, 1.165) is 22.1 Å². The summed E-state index contributed by atoms with van der Waals surface area (Å²) in [6.07, 6.45) is 2.70. The highest BCUT2D eigenvalue weighted by atomic mass is 32.1. The van der Waals surface area contributed by atoms with E-state index in [1.54, 1.807) is 6.08 Å². The zero-order valence-electron chi connectivity index (χ0n) is 9.46. The van der Waals surface area contributed by atoms with Crippen LogP contribution in [0.25, 0.3) is 6.08 Å². The molecule has 0 amide bonds. The van der Waals surface area contributed by atoms with Crippen LogP contribution in [0, 0.1) is 11.8 Å². The molecule has 0 atom stereocenters. The maximum absolute atomic E-state index is 10.4. The highest BCUT2D eigenvalue weighted by Crippen LogP contribution is 2.15. The van der Waals surface area contributed by atoms with Crippen molar-refractivity contribution in [2.45, 2.75) is 0 Å². The highest BCUT2D eigenvalue weighted by Gasteiger charge is 1.94. The Morgan fingerprint density at radius 2 is 1.89 bits per heavy atom. The third kappa shape index (κ3) is 3.62. The first-order valence-electron chi connectivity index (χ1n) is 5.30. The minimum atomic E-state index is -0.944. The van der Waals surface area contributed by atoms with E-state index in [2.05, 4.69) is 11.8 Å². The number of carboxylic acid groups (broad SMARTS) is 1. The molecule has 0 spiro atoms. The number of carboxylic acids is 1.